The van der Waals surface area contributed by atoms with Crippen molar-refractivity contribution < 1.29 is 23.8 Å². The second-order valence-corrected chi connectivity index (χ2v) is 7.81. The fraction of sp³-hybridized carbons (Fsp3) is 0.619. The molecule has 6 nitrogen and oxygen atoms in total. The third-order valence-electron chi connectivity index (χ3n) is 4.30. The van der Waals surface area contributed by atoms with Crippen molar-refractivity contribution in [3.05, 3.63) is 35.9 Å². The van der Waals surface area contributed by atoms with Gasteiger partial charge in [0.05, 0.1) is 0 Å². The summed E-state index contributed by atoms with van der Waals surface area (Å²) in [5.74, 6) is -0.370. The Hall–Kier alpha value is -2.08. The third kappa shape index (κ3) is 7.99. The predicted octanol–water partition coefficient (Wildman–Crippen LogP) is 3.93. The van der Waals surface area contributed by atoms with Crippen LogP contribution in [0.3, 0.4) is 0 Å². The minimum atomic E-state index is -0.511. The molecule has 0 aromatic heterocycles. The molecule has 2 rings (SSSR count). The van der Waals surface area contributed by atoms with Gasteiger partial charge in [-0.1, -0.05) is 30.3 Å². The number of hydrogen-bond donors (Lipinski definition) is 0. The first-order valence-corrected chi connectivity index (χ1v) is 9.62. The zero-order valence-electron chi connectivity index (χ0n) is 16.6. The van der Waals surface area contributed by atoms with E-state index in [0.717, 1.165) is 24.8 Å². The fourth-order valence-electron chi connectivity index (χ4n) is 3.09. The van der Waals surface area contributed by atoms with Crippen LogP contribution < -0.4 is 0 Å². The lowest BCUT2D eigenvalue weighted by Crippen LogP contribution is -2.44. The Morgan fingerprint density at radius 2 is 1.89 bits per heavy atom. The predicted molar refractivity (Wildman–Crippen MR) is 102 cm³/mol. The normalized spacial score (nSPS) is 17.4. The summed E-state index contributed by atoms with van der Waals surface area (Å²) in [6.07, 6.45) is 3.39. The van der Waals surface area contributed by atoms with Crippen LogP contribution in [0.15, 0.2) is 30.3 Å². The summed E-state index contributed by atoms with van der Waals surface area (Å²) in [4.78, 5) is 25.9. The minimum Gasteiger partial charge on any atom is -0.458 e. The van der Waals surface area contributed by atoms with Gasteiger partial charge in [-0.05, 0) is 52.0 Å². The molecule has 1 heterocycles. The van der Waals surface area contributed by atoms with Crippen LogP contribution in [0.4, 0.5) is 4.79 Å². The minimum absolute atomic E-state index is 0.0670. The Morgan fingerprint density at radius 3 is 2.59 bits per heavy atom. The molecule has 1 atom stereocenters. The van der Waals surface area contributed by atoms with Crippen molar-refractivity contribution in [2.45, 2.75) is 64.7 Å². The van der Waals surface area contributed by atoms with E-state index in [1.54, 1.807) is 4.90 Å². The van der Waals surface area contributed by atoms with Crippen molar-refractivity contribution in [3.8, 4) is 0 Å². The molecule has 1 aromatic rings. The molecule has 0 aliphatic carbocycles. The molecule has 1 saturated heterocycles. The molecule has 6 heteroatoms. The van der Waals surface area contributed by atoms with E-state index in [0.29, 0.717) is 19.6 Å². The lowest BCUT2D eigenvalue weighted by Gasteiger charge is -2.35. The summed E-state index contributed by atoms with van der Waals surface area (Å²) in [7, 11) is 0. The largest absolute Gasteiger partial charge is 0.458 e. The van der Waals surface area contributed by atoms with Crippen LogP contribution in [0.2, 0.25) is 0 Å². The van der Waals surface area contributed by atoms with Gasteiger partial charge in [-0.25, -0.2) is 9.59 Å². The van der Waals surface area contributed by atoms with E-state index in [1.165, 1.54) is 0 Å². The van der Waals surface area contributed by atoms with Gasteiger partial charge >= 0.3 is 12.1 Å². The van der Waals surface area contributed by atoms with Crippen LogP contribution in [0.5, 0.6) is 0 Å². The number of piperidine rings is 1. The fourth-order valence-corrected chi connectivity index (χ4v) is 3.09. The Bertz CT molecular complexity index is 596. The Kier molecular flexibility index (Phi) is 8.10. The average molecular weight is 377 g/mol. The number of likely N-dealkylation sites (tertiary alicyclic amines) is 1. The molecule has 0 bridgehead atoms. The standard InChI is InChI=1S/C21H31NO5/c1-21(2,3)27-19(23)16-25-14-12-18-11-7-8-13-22(18)20(24)26-15-17-9-5-4-6-10-17/h4-6,9-10,18H,7-8,11-16H2,1-3H3/t18-/m1/s1. The van der Waals surface area contributed by atoms with E-state index in [9.17, 15) is 9.59 Å². The van der Waals surface area contributed by atoms with Gasteiger partial charge in [0.2, 0.25) is 0 Å². The highest BCUT2D eigenvalue weighted by Crippen LogP contribution is 2.21. The molecule has 1 aliphatic heterocycles. The van der Waals surface area contributed by atoms with E-state index >= 15 is 0 Å². The summed E-state index contributed by atoms with van der Waals surface area (Å²) >= 11 is 0. The molecular weight excluding hydrogens is 346 g/mol. The summed E-state index contributed by atoms with van der Waals surface area (Å²) in [5, 5.41) is 0. The highest BCUT2D eigenvalue weighted by molar-refractivity contribution is 5.71. The van der Waals surface area contributed by atoms with E-state index in [1.807, 2.05) is 51.1 Å². The molecule has 1 fully saturated rings. The first kappa shape index (κ1) is 21.2. The van der Waals surface area contributed by atoms with Crippen LogP contribution in [0, 0.1) is 0 Å². The molecule has 1 amide bonds. The highest BCUT2D eigenvalue weighted by atomic mass is 16.6. The number of rotatable bonds is 7. The maximum atomic E-state index is 12.5. The lowest BCUT2D eigenvalue weighted by molar-refractivity contribution is -0.160. The summed E-state index contributed by atoms with van der Waals surface area (Å²) in [5.41, 5.74) is 0.462. The van der Waals surface area contributed by atoms with Gasteiger partial charge in [0.1, 0.15) is 18.8 Å². The number of amides is 1. The first-order chi connectivity index (χ1) is 12.8. The maximum absolute atomic E-state index is 12.5. The van der Waals surface area contributed by atoms with Gasteiger partial charge in [0.15, 0.2) is 0 Å². The molecule has 0 saturated carbocycles. The van der Waals surface area contributed by atoms with Crippen LogP contribution in [0.1, 0.15) is 52.0 Å². The van der Waals surface area contributed by atoms with Crippen molar-refractivity contribution in [3.63, 3.8) is 0 Å². The van der Waals surface area contributed by atoms with Gasteiger partial charge in [-0.2, -0.15) is 0 Å². The van der Waals surface area contributed by atoms with Crippen LogP contribution in [-0.4, -0.2) is 48.4 Å². The quantitative estimate of drug-likeness (QED) is 0.532. The Morgan fingerprint density at radius 1 is 1.15 bits per heavy atom. The number of esters is 1. The number of hydrogen-bond acceptors (Lipinski definition) is 5. The van der Waals surface area contributed by atoms with Gasteiger partial charge in [-0.3, -0.25) is 0 Å². The average Bonchev–Trinajstić information content (AvgIpc) is 2.63. The summed E-state index contributed by atoms with van der Waals surface area (Å²) < 4.78 is 16.1. The van der Waals surface area contributed by atoms with Crippen molar-refractivity contribution in [2.24, 2.45) is 0 Å². The maximum Gasteiger partial charge on any atom is 0.410 e. The van der Waals surface area contributed by atoms with E-state index in [-0.39, 0.29) is 31.3 Å². The topological polar surface area (TPSA) is 65.1 Å². The van der Waals surface area contributed by atoms with Crippen molar-refractivity contribution in [1.29, 1.82) is 0 Å². The summed E-state index contributed by atoms with van der Waals surface area (Å²) in [6.45, 7) is 6.79. The zero-order chi connectivity index (χ0) is 19.7. The second kappa shape index (κ2) is 10.3. The SMILES string of the molecule is CC(C)(C)OC(=O)COCC[C@H]1CCCCN1C(=O)OCc1ccccc1. The van der Waals surface area contributed by atoms with Crippen molar-refractivity contribution >= 4 is 12.1 Å². The molecular formula is C21H31NO5. The van der Waals surface area contributed by atoms with Crippen molar-refractivity contribution in [1.82, 2.24) is 4.90 Å². The van der Waals surface area contributed by atoms with E-state index < -0.39 is 5.60 Å². The number of carbonyl (C=O) groups excluding carboxylic acids is 2. The lowest BCUT2D eigenvalue weighted by atomic mass is 10.0. The number of ether oxygens (including phenoxy) is 3. The first-order valence-electron chi connectivity index (χ1n) is 9.62. The molecule has 0 unspecified atom stereocenters. The zero-order valence-corrected chi connectivity index (χ0v) is 16.6. The molecule has 27 heavy (non-hydrogen) atoms. The number of benzene rings is 1. The molecule has 1 aromatic carbocycles. The molecule has 1 aliphatic rings. The van der Waals surface area contributed by atoms with Gasteiger partial charge in [0.25, 0.3) is 0 Å². The molecule has 0 N–H and O–H groups in total. The second-order valence-electron chi connectivity index (χ2n) is 7.81. The molecule has 150 valence electrons. The van der Waals surface area contributed by atoms with Crippen molar-refractivity contribution in [2.75, 3.05) is 19.8 Å². The van der Waals surface area contributed by atoms with Gasteiger partial charge in [0, 0.05) is 19.2 Å². The van der Waals surface area contributed by atoms with Crippen LogP contribution in [0.25, 0.3) is 0 Å². The molecule has 0 radical (unpaired) electrons. The smallest absolute Gasteiger partial charge is 0.410 e. The Balaban J connectivity index is 1.73. The Labute approximate surface area is 161 Å². The van der Waals surface area contributed by atoms with Gasteiger partial charge in [-0.15, -0.1) is 0 Å². The van der Waals surface area contributed by atoms with Crippen LogP contribution in [-0.2, 0) is 25.6 Å². The number of nitrogens with zero attached hydrogens (tertiary/aromatic N) is 1. The van der Waals surface area contributed by atoms with Gasteiger partial charge < -0.3 is 19.1 Å². The monoisotopic (exact) mass is 377 g/mol. The van der Waals surface area contributed by atoms with Crippen LogP contribution >= 0.6 is 0 Å². The molecule has 0 spiro atoms. The third-order valence-corrected chi connectivity index (χ3v) is 4.30. The number of carbonyl (C=O) groups is 2. The summed E-state index contributed by atoms with van der Waals surface area (Å²) in [6, 6.07) is 9.74. The van der Waals surface area contributed by atoms with E-state index in [2.05, 4.69) is 0 Å². The van der Waals surface area contributed by atoms with E-state index in [4.69, 9.17) is 14.2 Å². The highest BCUT2D eigenvalue weighted by Gasteiger charge is 2.27.